The standard InChI is InChI=1S/C14H21NO2.ClH/c1-12(13-8-4-2-5-9-13)15-11-7-3-6-10-14(16)17;/h2,4-5,8-9,12,15H,3,6-7,10-11H2,1H3,(H,16,17);1H/t12-;/m0./s1. The third-order valence-corrected chi connectivity index (χ3v) is 2.82. The molecule has 102 valence electrons. The SMILES string of the molecule is C[C@H](NCCCCCC(=O)O)c1ccccc1.Cl. The molecular formula is C14H22ClNO2. The number of aliphatic carboxylic acids is 1. The third kappa shape index (κ3) is 7.30. The van der Waals surface area contributed by atoms with Gasteiger partial charge in [-0.2, -0.15) is 0 Å². The molecule has 0 unspecified atom stereocenters. The zero-order valence-corrected chi connectivity index (χ0v) is 11.6. The molecule has 0 saturated heterocycles. The second kappa shape index (κ2) is 9.92. The van der Waals surface area contributed by atoms with Gasteiger partial charge in [-0.1, -0.05) is 36.8 Å². The molecule has 0 saturated carbocycles. The fourth-order valence-electron chi connectivity index (χ4n) is 1.76. The molecule has 0 bridgehead atoms. The van der Waals surface area contributed by atoms with Gasteiger partial charge in [0, 0.05) is 12.5 Å². The molecule has 1 rings (SSSR count). The van der Waals surface area contributed by atoms with E-state index in [1.54, 1.807) is 0 Å². The largest absolute Gasteiger partial charge is 0.481 e. The normalized spacial score (nSPS) is 11.6. The number of halogens is 1. The average Bonchev–Trinajstić information content (AvgIpc) is 2.34. The highest BCUT2D eigenvalue weighted by Gasteiger charge is 2.02. The maximum absolute atomic E-state index is 10.3. The van der Waals surface area contributed by atoms with Gasteiger partial charge in [0.2, 0.25) is 0 Å². The van der Waals surface area contributed by atoms with Crippen molar-refractivity contribution in [2.45, 2.75) is 38.6 Å². The Morgan fingerprint density at radius 3 is 2.50 bits per heavy atom. The molecule has 0 aliphatic heterocycles. The lowest BCUT2D eigenvalue weighted by molar-refractivity contribution is -0.137. The van der Waals surface area contributed by atoms with Crippen molar-refractivity contribution in [2.75, 3.05) is 6.54 Å². The fourth-order valence-corrected chi connectivity index (χ4v) is 1.76. The van der Waals surface area contributed by atoms with Crippen LogP contribution in [-0.2, 0) is 4.79 Å². The van der Waals surface area contributed by atoms with Crippen LogP contribution in [0.25, 0.3) is 0 Å². The molecule has 1 atom stereocenters. The minimum Gasteiger partial charge on any atom is -0.481 e. The van der Waals surface area contributed by atoms with Gasteiger partial charge in [-0.3, -0.25) is 4.79 Å². The highest BCUT2D eigenvalue weighted by molar-refractivity contribution is 5.85. The third-order valence-electron chi connectivity index (χ3n) is 2.82. The summed E-state index contributed by atoms with van der Waals surface area (Å²) in [7, 11) is 0. The van der Waals surface area contributed by atoms with Gasteiger partial charge in [-0.05, 0) is 31.9 Å². The lowest BCUT2D eigenvalue weighted by atomic mass is 10.1. The molecule has 0 heterocycles. The maximum Gasteiger partial charge on any atom is 0.303 e. The Bertz CT molecular complexity index is 330. The molecule has 0 aliphatic rings. The molecule has 1 aromatic carbocycles. The smallest absolute Gasteiger partial charge is 0.303 e. The van der Waals surface area contributed by atoms with Crippen LogP contribution in [0, 0.1) is 0 Å². The van der Waals surface area contributed by atoms with Crippen molar-refractivity contribution in [2.24, 2.45) is 0 Å². The first-order valence-corrected chi connectivity index (χ1v) is 6.20. The minimum absolute atomic E-state index is 0. The Morgan fingerprint density at radius 1 is 1.22 bits per heavy atom. The molecule has 0 spiro atoms. The summed E-state index contributed by atoms with van der Waals surface area (Å²) in [5, 5.41) is 11.9. The molecule has 0 aromatic heterocycles. The fraction of sp³-hybridized carbons (Fsp3) is 0.500. The average molecular weight is 272 g/mol. The predicted molar refractivity (Wildman–Crippen MR) is 76.2 cm³/mol. The van der Waals surface area contributed by atoms with Gasteiger partial charge in [0.1, 0.15) is 0 Å². The van der Waals surface area contributed by atoms with Crippen LogP contribution in [0.5, 0.6) is 0 Å². The quantitative estimate of drug-likeness (QED) is 0.713. The molecule has 18 heavy (non-hydrogen) atoms. The van der Waals surface area contributed by atoms with Crippen LogP contribution in [0.4, 0.5) is 0 Å². The van der Waals surface area contributed by atoms with Crippen molar-refractivity contribution >= 4 is 18.4 Å². The number of hydrogen-bond donors (Lipinski definition) is 2. The summed E-state index contributed by atoms with van der Waals surface area (Å²) >= 11 is 0. The molecule has 0 amide bonds. The summed E-state index contributed by atoms with van der Waals surface area (Å²) in [5.74, 6) is -0.699. The van der Waals surface area contributed by atoms with Crippen molar-refractivity contribution in [1.29, 1.82) is 0 Å². The van der Waals surface area contributed by atoms with E-state index in [1.807, 2.05) is 18.2 Å². The van der Waals surface area contributed by atoms with E-state index in [0.717, 1.165) is 25.8 Å². The van der Waals surface area contributed by atoms with E-state index < -0.39 is 5.97 Å². The summed E-state index contributed by atoms with van der Waals surface area (Å²) < 4.78 is 0. The van der Waals surface area contributed by atoms with Crippen molar-refractivity contribution in [3.63, 3.8) is 0 Å². The van der Waals surface area contributed by atoms with E-state index in [9.17, 15) is 4.79 Å². The van der Waals surface area contributed by atoms with Crippen LogP contribution >= 0.6 is 12.4 Å². The van der Waals surface area contributed by atoms with Gasteiger partial charge in [-0.15, -0.1) is 12.4 Å². The molecule has 3 nitrogen and oxygen atoms in total. The molecule has 0 aliphatic carbocycles. The summed E-state index contributed by atoms with van der Waals surface area (Å²) in [5.41, 5.74) is 1.29. The van der Waals surface area contributed by atoms with E-state index in [0.29, 0.717) is 6.04 Å². The number of nitrogens with one attached hydrogen (secondary N) is 1. The van der Waals surface area contributed by atoms with E-state index in [4.69, 9.17) is 5.11 Å². The minimum atomic E-state index is -0.699. The van der Waals surface area contributed by atoms with Crippen LogP contribution in [0.15, 0.2) is 30.3 Å². The van der Waals surface area contributed by atoms with Gasteiger partial charge in [0.25, 0.3) is 0 Å². The first-order valence-electron chi connectivity index (χ1n) is 6.20. The Balaban J connectivity index is 0.00000289. The van der Waals surface area contributed by atoms with Crippen molar-refractivity contribution in [1.82, 2.24) is 5.32 Å². The van der Waals surface area contributed by atoms with Crippen molar-refractivity contribution < 1.29 is 9.90 Å². The molecule has 4 heteroatoms. The Hall–Kier alpha value is -1.06. The zero-order valence-electron chi connectivity index (χ0n) is 10.8. The van der Waals surface area contributed by atoms with Gasteiger partial charge < -0.3 is 10.4 Å². The van der Waals surface area contributed by atoms with Gasteiger partial charge >= 0.3 is 5.97 Å². The van der Waals surface area contributed by atoms with Crippen LogP contribution in [0.2, 0.25) is 0 Å². The number of unbranched alkanes of at least 4 members (excludes halogenated alkanes) is 2. The van der Waals surface area contributed by atoms with Crippen LogP contribution in [0.3, 0.4) is 0 Å². The first kappa shape index (κ1) is 16.9. The Labute approximate surface area is 115 Å². The van der Waals surface area contributed by atoms with Crippen LogP contribution < -0.4 is 5.32 Å². The van der Waals surface area contributed by atoms with E-state index in [1.165, 1.54) is 5.56 Å². The maximum atomic E-state index is 10.3. The number of hydrogen-bond acceptors (Lipinski definition) is 2. The topological polar surface area (TPSA) is 49.3 Å². The first-order chi connectivity index (χ1) is 8.20. The Kier molecular flexibility index (Phi) is 9.33. The number of carboxylic acid groups (broad SMARTS) is 1. The Morgan fingerprint density at radius 2 is 1.89 bits per heavy atom. The lowest BCUT2D eigenvalue weighted by Gasteiger charge is -2.13. The molecule has 0 radical (unpaired) electrons. The van der Waals surface area contributed by atoms with E-state index >= 15 is 0 Å². The van der Waals surface area contributed by atoms with Crippen molar-refractivity contribution in [3.8, 4) is 0 Å². The summed E-state index contributed by atoms with van der Waals surface area (Å²) in [6.45, 7) is 3.09. The van der Waals surface area contributed by atoms with Gasteiger partial charge in [-0.25, -0.2) is 0 Å². The predicted octanol–water partition coefficient (Wildman–Crippen LogP) is 3.40. The van der Waals surface area contributed by atoms with Crippen LogP contribution in [-0.4, -0.2) is 17.6 Å². The van der Waals surface area contributed by atoms with E-state index in [-0.39, 0.29) is 18.8 Å². The summed E-state index contributed by atoms with van der Waals surface area (Å²) in [4.78, 5) is 10.3. The number of carboxylic acids is 1. The molecule has 1 aromatic rings. The molecule has 0 fully saturated rings. The summed E-state index contributed by atoms with van der Waals surface area (Å²) in [6.07, 6.45) is 3.07. The van der Waals surface area contributed by atoms with Crippen molar-refractivity contribution in [3.05, 3.63) is 35.9 Å². The summed E-state index contributed by atoms with van der Waals surface area (Å²) in [6, 6.07) is 10.7. The zero-order chi connectivity index (χ0) is 12.5. The second-order valence-electron chi connectivity index (χ2n) is 4.29. The van der Waals surface area contributed by atoms with Crippen LogP contribution in [0.1, 0.15) is 44.2 Å². The second-order valence-corrected chi connectivity index (χ2v) is 4.29. The molecule has 2 N–H and O–H groups in total. The van der Waals surface area contributed by atoms with Gasteiger partial charge in [0.15, 0.2) is 0 Å². The highest BCUT2D eigenvalue weighted by atomic mass is 35.5. The number of rotatable bonds is 8. The monoisotopic (exact) mass is 271 g/mol. The lowest BCUT2D eigenvalue weighted by Crippen LogP contribution is -2.19. The van der Waals surface area contributed by atoms with E-state index in [2.05, 4.69) is 24.4 Å². The van der Waals surface area contributed by atoms with Gasteiger partial charge in [0.05, 0.1) is 0 Å². The number of benzene rings is 1. The molecular weight excluding hydrogens is 250 g/mol. The highest BCUT2D eigenvalue weighted by Crippen LogP contribution is 2.11. The number of carbonyl (C=O) groups is 1.